The van der Waals surface area contributed by atoms with Crippen molar-refractivity contribution in [2.24, 2.45) is 5.92 Å². The van der Waals surface area contributed by atoms with E-state index in [1.807, 2.05) is 0 Å². The summed E-state index contributed by atoms with van der Waals surface area (Å²) in [5.74, 6) is 0.344. The molecule has 1 N–H and O–H groups in total. The Balaban J connectivity index is 0.000000640. The van der Waals surface area contributed by atoms with E-state index in [1.54, 1.807) is 0 Å². The smallest absolute Gasteiger partial charge is 0.123 e. The summed E-state index contributed by atoms with van der Waals surface area (Å²) in [7, 11) is 0. The minimum absolute atomic E-state index is 0. The molecule has 1 heterocycles. The molecule has 0 saturated carbocycles. The average Bonchev–Trinajstić information content (AvgIpc) is 1.90. The van der Waals surface area contributed by atoms with Crippen LogP contribution in [0.2, 0.25) is 0 Å². The van der Waals surface area contributed by atoms with Crippen LogP contribution in [0.5, 0.6) is 0 Å². The molecule has 0 aliphatic carbocycles. The Morgan fingerprint density at radius 3 is 2.22 bits per heavy atom. The van der Waals surface area contributed by atoms with Gasteiger partial charge in [0, 0.05) is 5.92 Å². The standard InChI is InChI=1S/C6H11NO.ClH/c8-5-6-1-3-7-4-2-6;/h5-7H,1-4H2;1H. The summed E-state index contributed by atoms with van der Waals surface area (Å²) in [4.78, 5) is 10.1. The molecule has 0 amide bonds. The summed E-state index contributed by atoms with van der Waals surface area (Å²) in [6.45, 7) is 2.03. The third kappa shape index (κ3) is 2.82. The molecule has 1 rings (SSSR count). The predicted octanol–water partition coefficient (Wildman–Crippen LogP) is 0.607. The highest BCUT2D eigenvalue weighted by atomic mass is 35.5. The molecular formula is C6H12ClNO. The van der Waals surface area contributed by atoms with Crippen LogP contribution < -0.4 is 5.32 Å². The summed E-state index contributed by atoms with van der Waals surface area (Å²) in [5, 5.41) is 3.19. The third-order valence-corrected chi connectivity index (χ3v) is 1.58. The minimum atomic E-state index is 0. The second-order valence-electron chi connectivity index (χ2n) is 2.22. The first-order valence-corrected chi connectivity index (χ1v) is 3.09. The van der Waals surface area contributed by atoms with Gasteiger partial charge in [-0.2, -0.15) is 0 Å². The van der Waals surface area contributed by atoms with Crippen molar-refractivity contribution in [3.8, 4) is 0 Å². The number of hydrogen-bond donors (Lipinski definition) is 1. The van der Waals surface area contributed by atoms with Gasteiger partial charge in [0.1, 0.15) is 6.29 Å². The minimum Gasteiger partial charge on any atom is -0.317 e. The normalized spacial score (nSPS) is 20.4. The van der Waals surface area contributed by atoms with Gasteiger partial charge in [0.15, 0.2) is 0 Å². The van der Waals surface area contributed by atoms with E-state index in [4.69, 9.17) is 0 Å². The number of hydrogen-bond acceptors (Lipinski definition) is 2. The van der Waals surface area contributed by atoms with Gasteiger partial charge in [-0.3, -0.25) is 0 Å². The first-order chi connectivity index (χ1) is 3.93. The van der Waals surface area contributed by atoms with E-state index in [1.165, 1.54) is 0 Å². The fraction of sp³-hybridized carbons (Fsp3) is 0.833. The van der Waals surface area contributed by atoms with Crippen molar-refractivity contribution in [2.45, 2.75) is 12.8 Å². The maximum absolute atomic E-state index is 10.1. The fourth-order valence-corrected chi connectivity index (χ4v) is 0.980. The zero-order valence-corrected chi connectivity index (χ0v) is 6.12. The molecule has 0 spiro atoms. The Hall–Kier alpha value is -0.0800. The lowest BCUT2D eigenvalue weighted by Crippen LogP contribution is -2.28. The number of nitrogens with one attached hydrogen (secondary N) is 1. The Morgan fingerprint density at radius 1 is 1.33 bits per heavy atom. The quantitative estimate of drug-likeness (QED) is 0.554. The van der Waals surface area contributed by atoms with E-state index in [-0.39, 0.29) is 12.4 Å². The lowest BCUT2D eigenvalue weighted by Gasteiger charge is -2.16. The molecule has 1 fully saturated rings. The summed E-state index contributed by atoms with van der Waals surface area (Å²) in [6.07, 6.45) is 3.13. The maximum atomic E-state index is 10.1. The van der Waals surface area contributed by atoms with Crippen LogP contribution in [0.1, 0.15) is 12.8 Å². The first kappa shape index (κ1) is 8.92. The van der Waals surface area contributed by atoms with Crippen LogP contribution in [0.15, 0.2) is 0 Å². The van der Waals surface area contributed by atoms with Gasteiger partial charge in [0.2, 0.25) is 0 Å². The van der Waals surface area contributed by atoms with Crippen LogP contribution >= 0.6 is 12.4 Å². The van der Waals surface area contributed by atoms with Gasteiger partial charge in [-0.15, -0.1) is 12.4 Å². The van der Waals surface area contributed by atoms with Crippen molar-refractivity contribution in [1.29, 1.82) is 0 Å². The monoisotopic (exact) mass is 149 g/mol. The molecule has 1 aliphatic heterocycles. The Labute approximate surface area is 61.4 Å². The molecule has 0 atom stereocenters. The van der Waals surface area contributed by atoms with Gasteiger partial charge in [0.05, 0.1) is 0 Å². The molecule has 1 saturated heterocycles. The molecule has 3 heteroatoms. The zero-order chi connectivity index (χ0) is 5.82. The van der Waals surface area contributed by atoms with Crippen LogP contribution in [0.4, 0.5) is 0 Å². The molecule has 0 aromatic carbocycles. The van der Waals surface area contributed by atoms with E-state index < -0.39 is 0 Å². The highest BCUT2D eigenvalue weighted by Crippen LogP contribution is 2.06. The van der Waals surface area contributed by atoms with Crippen molar-refractivity contribution >= 4 is 18.7 Å². The van der Waals surface area contributed by atoms with Gasteiger partial charge in [-0.05, 0) is 25.9 Å². The van der Waals surface area contributed by atoms with E-state index >= 15 is 0 Å². The molecule has 0 unspecified atom stereocenters. The van der Waals surface area contributed by atoms with Gasteiger partial charge in [-0.1, -0.05) is 0 Å². The summed E-state index contributed by atoms with van der Waals surface area (Å²) in [6, 6.07) is 0. The summed E-state index contributed by atoms with van der Waals surface area (Å²) >= 11 is 0. The Kier molecular flexibility index (Phi) is 4.72. The number of halogens is 1. The molecule has 0 radical (unpaired) electrons. The Morgan fingerprint density at radius 2 is 1.89 bits per heavy atom. The highest BCUT2D eigenvalue weighted by molar-refractivity contribution is 5.85. The molecule has 0 aromatic heterocycles. The van der Waals surface area contributed by atoms with Gasteiger partial charge in [0.25, 0.3) is 0 Å². The van der Waals surface area contributed by atoms with Crippen LogP contribution in [-0.2, 0) is 4.79 Å². The zero-order valence-electron chi connectivity index (χ0n) is 5.30. The molecular weight excluding hydrogens is 138 g/mol. The van der Waals surface area contributed by atoms with E-state index in [0.29, 0.717) is 5.92 Å². The van der Waals surface area contributed by atoms with Crippen molar-refractivity contribution in [1.82, 2.24) is 5.32 Å². The molecule has 2 nitrogen and oxygen atoms in total. The first-order valence-electron chi connectivity index (χ1n) is 3.09. The van der Waals surface area contributed by atoms with E-state index in [2.05, 4.69) is 5.32 Å². The SMILES string of the molecule is Cl.O=CC1CCNCC1. The van der Waals surface area contributed by atoms with E-state index in [0.717, 1.165) is 32.2 Å². The van der Waals surface area contributed by atoms with Crippen LogP contribution in [0.3, 0.4) is 0 Å². The topological polar surface area (TPSA) is 29.1 Å². The third-order valence-electron chi connectivity index (χ3n) is 1.58. The summed E-state index contributed by atoms with van der Waals surface area (Å²) in [5.41, 5.74) is 0. The van der Waals surface area contributed by atoms with Gasteiger partial charge in [-0.25, -0.2) is 0 Å². The number of piperidine rings is 1. The number of aldehydes is 1. The lowest BCUT2D eigenvalue weighted by atomic mass is 10.0. The average molecular weight is 150 g/mol. The lowest BCUT2D eigenvalue weighted by molar-refractivity contribution is -0.111. The Bertz CT molecular complexity index is 81.1. The van der Waals surface area contributed by atoms with Crippen LogP contribution in [0.25, 0.3) is 0 Å². The largest absolute Gasteiger partial charge is 0.317 e. The van der Waals surface area contributed by atoms with Gasteiger partial charge >= 0.3 is 0 Å². The molecule has 1 aliphatic rings. The van der Waals surface area contributed by atoms with Crippen LogP contribution in [0, 0.1) is 5.92 Å². The second-order valence-corrected chi connectivity index (χ2v) is 2.22. The number of carbonyl (C=O) groups excluding carboxylic acids is 1. The van der Waals surface area contributed by atoms with Crippen molar-refractivity contribution in [3.63, 3.8) is 0 Å². The molecule has 0 aromatic rings. The maximum Gasteiger partial charge on any atom is 0.123 e. The number of rotatable bonds is 1. The highest BCUT2D eigenvalue weighted by Gasteiger charge is 2.09. The van der Waals surface area contributed by atoms with E-state index in [9.17, 15) is 4.79 Å². The molecule has 54 valence electrons. The van der Waals surface area contributed by atoms with Gasteiger partial charge < -0.3 is 10.1 Å². The van der Waals surface area contributed by atoms with Crippen molar-refractivity contribution in [3.05, 3.63) is 0 Å². The second kappa shape index (κ2) is 4.77. The number of carbonyl (C=O) groups is 1. The molecule has 9 heavy (non-hydrogen) atoms. The predicted molar refractivity (Wildman–Crippen MR) is 38.9 cm³/mol. The van der Waals surface area contributed by atoms with Crippen molar-refractivity contribution in [2.75, 3.05) is 13.1 Å². The molecule has 0 bridgehead atoms. The fourth-order valence-electron chi connectivity index (χ4n) is 0.980. The van der Waals surface area contributed by atoms with Crippen molar-refractivity contribution < 1.29 is 4.79 Å². The summed E-state index contributed by atoms with van der Waals surface area (Å²) < 4.78 is 0. The van der Waals surface area contributed by atoms with Crippen LogP contribution in [-0.4, -0.2) is 19.4 Å².